The molecule has 0 saturated heterocycles. The number of ether oxygens (including phenoxy) is 2. The summed E-state index contributed by atoms with van der Waals surface area (Å²) in [5.74, 6) is 0.655. The van der Waals surface area contributed by atoms with Gasteiger partial charge in [0.05, 0.1) is 13.7 Å². The first-order chi connectivity index (χ1) is 8.33. The molecule has 3 nitrogen and oxygen atoms in total. The molecule has 0 aliphatic heterocycles. The Morgan fingerprint density at radius 3 is 2.50 bits per heavy atom. The van der Waals surface area contributed by atoms with Crippen molar-refractivity contribution in [1.82, 2.24) is 0 Å². The fourth-order valence-corrected chi connectivity index (χ4v) is 1.49. The first-order valence-electron chi connectivity index (χ1n) is 5.30. The van der Waals surface area contributed by atoms with E-state index >= 15 is 0 Å². The Morgan fingerprint density at radius 1 is 1.33 bits per heavy atom. The van der Waals surface area contributed by atoms with E-state index < -0.39 is 25.5 Å². The van der Waals surface area contributed by atoms with Gasteiger partial charge >= 0.3 is 6.18 Å². The molecular formula is C12H15F3O3. The summed E-state index contributed by atoms with van der Waals surface area (Å²) in [5, 5.41) is 9.67. The highest BCUT2D eigenvalue weighted by Gasteiger charge is 2.27. The van der Waals surface area contributed by atoms with Gasteiger partial charge in [-0.2, -0.15) is 13.2 Å². The minimum Gasteiger partial charge on any atom is -0.496 e. The van der Waals surface area contributed by atoms with Crippen LogP contribution in [-0.4, -0.2) is 31.6 Å². The van der Waals surface area contributed by atoms with Crippen LogP contribution in [-0.2, 0) is 4.74 Å². The lowest BCUT2D eigenvalue weighted by Gasteiger charge is -2.14. The minimum absolute atomic E-state index is 0.398. The second kappa shape index (κ2) is 6.06. The van der Waals surface area contributed by atoms with Crippen molar-refractivity contribution in [3.63, 3.8) is 0 Å². The van der Waals surface area contributed by atoms with E-state index in [0.29, 0.717) is 11.3 Å². The molecule has 0 radical (unpaired) electrons. The van der Waals surface area contributed by atoms with Gasteiger partial charge in [0.15, 0.2) is 0 Å². The SMILES string of the molecule is COc1ccc(C(O)COCC(F)(F)F)cc1C. The Bertz CT molecular complexity index is 391. The van der Waals surface area contributed by atoms with Crippen molar-refractivity contribution in [3.05, 3.63) is 29.3 Å². The van der Waals surface area contributed by atoms with Gasteiger partial charge in [-0.15, -0.1) is 0 Å². The second-order valence-corrected chi connectivity index (χ2v) is 3.88. The molecule has 0 fully saturated rings. The molecule has 1 atom stereocenters. The third-order valence-corrected chi connectivity index (χ3v) is 2.35. The van der Waals surface area contributed by atoms with Crippen molar-refractivity contribution in [2.24, 2.45) is 0 Å². The number of halogens is 3. The van der Waals surface area contributed by atoms with Crippen LogP contribution in [0.4, 0.5) is 13.2 Å². The molecule has 0 bridgehead atoms. The van der Waals surface area contributed by atoms with Gasteiger partial charge in [-0.1, -0.05) is 6.07 Å². The molecule has 102 valence electrons. The number of aliphatic hydroxyl groups is 1. The smallest absolute Gasteiger partial charge is 0.411 e. The van der Waals surface area contributed by atoms with Crippen LogP contribution >= 0.6 is 0 Å². The van der Waals surface area contributed by atoms with Crippen molar-refractivity contribution in [2.45, 2.75) is 19.2 Å². The van der Waals surface area contributed by atoms with E-state index in [1.807, 2.05) is 0 Å². The lowest BCUT2D eigenvalue weighted by atomic mass is 10.1. The second-order valence-electron chi connectivity index (χ2n) is 3.88. The van der Waals surface area contributed by atoms with Crippen LogP contribution in [0.1, 0.15) is 17.2 Å². The van der Waals surface area contributed by atoms with Crippen LogP contribution in [0.5, 0.6) is 5.75 Å². The lowest BCUT2D eigenvalue weighted by Crippen LogP contribution is -2.19. The molecule has 0 heterocycles. The van der Waals surface area contributed by atoms with Crippen LogP contribution in [0.3, 0.4) is 0 Å². The van der Waals surface area contributed by atoms with E-state index in [1.54, 1.807) is 25.1 Å². The lowest BCUT2D eigenvalue weighted by molar-refractivity contribution is -0.179. The molecule has 0 aliphatic carbocycles. The van der Waals surface area contributed by atoms with E-state index in [-0.39, 0.29) is 0 Å². The van der Waals surface area contributed by atoms with Crippen molar-refractivity contribution < 1.29 is 27.8 Å². The van der Waals surface area contributed by atoms with E-state index in [0.717, 1.165) is 5.56 Å². The molecule has 1 aromatic rings. The van der Waals surface area contributed by atoms with Gasteiger partial charge in [0.25, 0.3) is 0 Å². The average Bonchev–Trinajstić information content (AvgIpc) is 2.27. The summed E-state index contributed by atoms with van der Waals surface area (Å²) in [6.07, 6.45) is -5.47. The number of benzene rings is 1. The predicted molar refractivity (Wildman–Crippen MR) is 59.6 cm³/mol. The highest BCUT2D eigenvalue weighted by atomic mass is 19.4. The highest BCUT2D eigenvalue weighted by molar-refractivity contribution is 5.36. The maximum absolute atomic E-state index is 11.8. The zero-order valence-corrected chi connectivity index (χ0v) is 10.1. The quantitative estimate of drug-likeness (QED) is 0.888. The van der Waals surface area contributed by atoms with E-state index in [9.17, 15) is 18.3 Å². The molecule has 0 aliphatic rings. The van der Waals surface area contributed by atoms with E-state index in [1.165, 1.54) is 7.11 Å². The van der Waals surface area contributed by atoms with Gasteiger partial charge in [-0.3, -0.25) is 0 Å². The molecule has 1 N–H and O–H groups in total. The van der Waals surface area contributed by atoms with E-state index in [4.69, 9.17) is 4.74 Å². The molecule has 0 saturated carbocycles. The number of methoxy groups -OCH3 is 1. The van der Waals surface area contributed by atoms with Crippen LogP contribution in [0.25, 0.3) is 0 Å². The first kappa shape index (κ1) is 14.8. The normalized spacial score (nSPS) is 13.4. The van der Waals surface area contributed by atoms with Gasteiger partial charge in [-0.25, -0.2) is 0 Å². The maximum Gasteiger partial charge on any atom is 0.411 e. The molecule has 1 rings (SSSR count). The van der Waals surface area contributed by atoms with E-state index in [2.05, 4.69) is 4.74 Å². The van der Waals surface area contributed by atoms with Crippen LogP contribution < -0.4 is 4.74 Å². The van der Waals surface area contributed by atoms with Crippen molar-refractivity contribution in [1.29, 1.82) is 0 Å². The number of hydrogen-bond donors (Lipinski definition) is 1. The molecule has 0 aromatic heterocycles. The Kier molecular flexibility index (Phi) is 4.98. The zero-order chi connectivity index (χ0) is 13.8. The minimum atomic E-state index is -4.38. The number of aryl methyl sites for hydroxylation is 1. The average molecular weight is 264 g/mol. The van der Waals surface area contributed by atoms with Gasteiger partial charge < -0.3 is 14.6 Å². The third-order valence-electron chi connectivity index (χ3n) is 2.35. The summed E-state index contributed by atoms with van der Waals surface area (Å²) in [4.78, 5) is 0. The molecule has 6 heteroatoms. The predicted octanol–water partition coefficient (Wildman–Crippen LogP) is 2.62. The summed E-state index contributed by atoms with van der Waals surface area (Å²) >= 11 is 0. The van der Waals surface area contributed by atoms with Crippen molar-refractivity contribution >= 4 is 0 Å². The summed E-state index contributed by atoms with van der Waals surface area (Å²) in [6.45, 7) is 0.0239. The molecule has 0 amide bonds. The van der Waals surface area contributed by atoms with Crippen LogP contribution in [0, 0.1) is 6.92 Å². The monoisotopic (exact) mass is 264 g/mol. The maximum atomic E-state index is 11.8. The highest BCUT2D eigenvalue weighted by Crippen LogP contribution is 2.23. The number of alkyl halides is 3. The molecule has 1 aromatic carbocycles. The summed E-state index contributed by atoms with van der Waals surface area (Å²) in [6, 6.07) is 4.89. The third kappa shape index (κ3) is 4.54. The fourth-order valence-electron chi connectivity index (χ4n) is 1.49. The number of aliphatic hydroxyl groups excluding tert-OH is 1. The Morgan fingerprint density at radius 2 is 2.00 bits per heavy atom. The molecule has 18 heavy (non-hydrogen) atoms. The number of rotatable bonds is 5. The summed E-state index contributed by atoms with van der Waals surface area (Å²) in [5.41, 5.74) is 1.29. The number of hydrogen-bond acceptors (Lipinski definition) is 3. The fraction of sp³-hybridized carbons (Fsp3) is 0.500. The van der Waals surface area contributed by atoms with Gasteiger partial charge in [-0.05, 0) is 30.2 Å². The Labute approximate surface area is 103 Å². The zero-order valence-electron chi connectivity index (χ0n) is 10.1. The summed E-state index contributed by atoms with van der Waals surface area (Å²) in [7, 11) is 1.52. The van der Waals surface area contributed by atoms with Gasteiger partial charge in [0, 0.05) is 0 Å². The standard InChI is InChI=1S/C12H15F3O3/c1-8-5-9(3-4-11(8)17-2)10(16)6-18-7-12(13,14)15/h3-5,10,16H,6-7H2,1-2H3. The van der Waals surface area contributed by atoms with Crippen LogP contribution in [0.15, 0.2) is 18.2 Å². The first-order valence-corrected chi connectivity index (χ1v) is 5.30. The largest absolute Gasteiger partial charge is 0.496 e. The van der Waals surface area contributed by atoms with Crippen LogP contribution in [0.2, 0.25) is 0 Å². The molecule has 0 spiro atoms. The Hall–Kier alpha value is -1.27. The van der Waals surface area contributed by atoms with Crippen molar-refractivity contribution in [3.8, 4) is 5.75 Å². The van der Waals surface area contributed by atoms with Gasteiger partial charge in [0.2, 0.25) is 0 Å². The van der Waals surface area contributed by atoms with Gasteiger partial charge in [0.1, 0.15) is 18.5 Å². The van der Waals surface area contributed by atoms with Crippen molar-refractivity contribution in [2.75, 3.05) is 20.3 Å². The molecule has 1 unspecified atom stereocenters. The Balaban J connectivity index is 2.56. The topological polar surface area (TPSA) is 38.7 Å². The molecular weight excluding hydrogens is 249 g/mol. The summed E-state index contributed by atoms with van der Waals surface area (Å²) < 4.78 is 45.0.